The van der Waals surface area contributed by atoms with Gasteiger partial charge in [-0.25, -0.2) is 14.9 Å². The number of hydrogen-bond acceptors (Lipinski definition) is 5. The average Bonchev–Trinajstić information content (AvgIpc) is 3.38. The Labute approximate surface area is 169 Å². The summed E-state index contributed by atoms with van der Waals surface area (Å²) >= 11 is 0. The van der Waals surface area contributed by atoms with Crippen molar-refractivity contribution < 1.29 is 24.0 Å². The second kappa shape index (κ2) is 9.80. The summed E-state index contributed by atoms with van der Waals surface area (Å²) in [4.78, 5) is 36.7. The molecule has 1 aliphatic carbocycles. The minimum atomic E-state index is -0.750. The molecule has 9 heteroatoms. The topological polar surface area (TPSA) is 102 Å². The molecule has 1 saturated carbocycles. The molecule has 3 rings (SSSR count). The van der Waals surface area contributed by atoms with Crippen molar-refractivity contribution >= 4 is 23.9 Å². The summed E-state index contributed by atoms with van der Waals surface area (Å²) in [5, 5.41) is 14.1. The molecule has 3 amide bonds. The first-order valence-corrected chi connectivity index (χ1v) is 10.0. The van der Waals surface area contributed by atoms with Gasteiger partial charge in [-0.3, -0.25) is 24.6 Å². The van der Waals surface area contributed by atoms with Gasteiger partial charge in [0.15, 0.2) is 0 Å². The van der Waals surface area contributed by atoms with Crippen molar-refractivity contribution in [1.29, 1.82) is 0 Å². The second-order valence-electron chi connectivity index (χ2n) is 7.73. The number of rotatable bonds is 8. The molecule has 2 aliphatic rings. The molecular weight excluding hydrogens is 379 g/mol. The molecule has 1 unspecified atom stereocenters. The van der Waals surface area contributed by atoms with Crippen LogP contribution < -0.4 is 10.7 Å². The van der Waals surface area contributed by atoms with Crippen molar-refractivity contribution in [3.8, 4) is 0 Å². The van der Waals surface area contributed by atoms with E-state index in [1.165, 1.54) is 23.2 Å². The number of amides is 3. The van der Waals surface area contributed by atoms with Crippen LogP contribution in [0.25, 0.3) is 0 Å². The molecule has 1 aliphatic heterocycles. The molecule has 8 nitrogen and oxygen atoms in total. The van der Waals surface area contributed by atoms with Crippen LogP contribution in [0, 0.1) is 17.7 Å². The SMILES string of the molecule is O=CN(O)CC(CC1CCCC1)C(=O)N1NCC[C@H]1C(=O)Nc1cccc(F)c1. The zero-order valence-electron chi connectivity index (χ0n) is 16.2. The number of nitrogens with one attached hydrogen (secondary N) is 2. The number of halogens is 1. The van der Waals surface area contributed by atoms with Crippen molar-refractivity contribution in [2.45, 2.75) is 44.6 Å². The molecule has 0 spiro atoms. The van der Waals surface area contributed by atoms with Gasteiger partial charge in [-0.1, -0.05) is 31.7 Å². The van der Waals surface area contributed by atoms with E-state index in [4.69, 9.17) is 0 Å². The molecular formula is C20H27FN4O4. The van der Waals surface area contributed by atoms with Crippen molar-refractivity contribution in [2.75, 3.05) is 18.4 Å². The second-order valence-corrected chi connectivity index (χ2v) is 7.73. The summed E-state index contributed by atoms with van der Waals surface area (Å²) in [6, 6.07) is 4.81. The Bertz CT molecular complexity index is 741. The Kier molecular flexibility index (Phi) is 7.16. The Hall–Kier alpha value is -2.52. The van der Waals surface area contributed by atoms with Gasteiger partial charge in [-0.2, -0.15) is 0 Å². The predicted octanol–water partition coefficient (Wildman–Crippen LogP) is 1.91. The lowest BCUT2D eigenvalue weighted by atomic mass is 9.92. The minimum absolute atomic E-state index is 0.116. The van der Waals surface area contributed by atoms with E-state index in [2.05, 4.69) is 10.7 Å². The Balaban J connectivity index is 1.69. The van der Waals surface area contributed by atoms with Gasteiger partial charge in [0.25, 0.3) is 0 Å². The molecule has 1 aromatic carbocycles. The van der Waals surface area contributed by atoms with Crippen LogP contribution in [0.3, 0.4) is 0 Å². The first-order chi connectivity index (χ1) is 14.0. The van der Waals surface area contributed by atoms with Gasteiger partial charge in [-0.05, 0) is 37.0 Å². The van der Waals surface area contributed by atoms with Crippen molar-refractivity contribution in [2.24, 2.45) is 11.8 Å². The largest absolute Gasteiger partial charge is 0.324 e. The molecule has 2 atom stereocenters. The highest BCUT2D eigenvalue weighted by molar-refractivity contribution is 5.97. The number of carbonyl (C=O) groups excluding carboxylic acids is 3. The summed E-state index contributed by atoms with van der Waals surface area (Å²) in [5.74, 6) is -1.44. The van der Waals surface area contributed by atoms with Crippen LogP contribution in [0.4, 0.5) is 10.1 Å². The van der Waals surface area contributed by atoms with E-state index >= 15 is 0 Å². The van der Waals surface area contributed by atoms with Crippen molar-refractivity contribution in [1.82, 2.24) is 15.5 Å². The fraction of sp³-hybridized carbons (Fsp3) is 0.550. The summed E-state index contributed by atoms with van der Waals surface area (Å²) in [7, 11) is 0. The fourth-order valence-corrected chi connectivity index (χ4v) is 4.20. The van der Waals surface area contributed by atoms with E-state index in [1.54, 1.807) is 6.07 Å². The molecule has 0 radical (unpaired) electrons. The van der Waals surface area contributed by atoms with Crippen molar-refractivity contribution in [3.05, 3.63) is 30.1 Å². The number of carbonyl (C=O) groups is 3. The predicted molar refractivity (Wildman–Crippen MR) is 103 cm³/mol. The van der Waals surface area contributed by atoms with Crippen LogP contribution >= 0.6 is 0 Å². The molecule has 158 valence electrons. The van der Waals surface area contributed by atoms with Crippen LogP contribution in [0.5, 0.6) is 0 Å². The third-order valence-corrected chi connectivity index (χ3v) is 5.61. The van der Waals surface area contributed by atoms with Gasteiger partial charge in [0.05, 0.1) is 12.5 Å². The first-order valence-electron chi connectivity index (χ1n) is 10.0. The Morgan fingerprint density at radius 2 is 2.10 bits per heavy atom. The first kappa shape index (κ1) is 21.2. The minimum Gasteiger partial charge on any atom is -0.324 e. The van der Waals surface area contributed by atoms with E-state index < -0.39 is 23.7 Å². The maximum absolute atomic E-state index is 13.4. The number of nitrogens with zero attached hydrogens (tertiary/aromatic N) is 2. The smallest absolute Gasteiger partial charge is 0.248 e. The van der Waals surface area contributed by atoms with Gasteiger partial charge in [0.1, 0.15) is 11.9 Å². The molecule has 29 heavy (non-hydrogen) atoms. The highest BCUT2D eigenvalue weighted by atomic mass is 19.1. The van der Waals surface area contributed by atoms with E-state index in [9.17, 15) is 24.0 Å². The number of hydroxylamine groups is 2. The summed E-state index contributed by atoms with van der Waals surface area (Å²) in [6.45, 7) is 0.328. The maximum atomic E-state index is 13.4. The van der Waals surface area contributed by atoms with E-state index in [-0.39, 0.29) is 18.9 Å². The number of benzene rings is 1. The molecule has 1 saturated heterocycles. The van der Waals surface area contributed by atoms with Crippen LogP contribution in [0.2, 0.25) is 0 Å². The lowest BCUT2D eigenvalue weighted by molar-refractivity contribution is -0.159. The van der Waals surface area contributed by atoms with Crippen LogP contribution in [-0.2, 0) is 14.4 Å². The van der Waals surface area contributed by atoms with Gasteiger partial charge in [-0.15, -0.1) is 0 Å². The average molecular weight is 406 g/mol. The molecule has 1 aromatic rings. The number of hydrogen-bond donors (Lipinski definition) is 3. The number of hydrazine groups is 1. The quantitative estimate of drug-likeness (QED) is 0.348. The zero-order valence-corrected chi connectivity index (χ0v) is 16.2. The van der Waals surface area contributed by atoms with E-state index in [0.717, 1.165) is 25.7 Å². The third-order valence-electron chi connectivity index (χ3n) is 5.61. The van der Waals surface area contributed by atoms with Crippen LogP contribution in [-0.4, -0.2) is 52.6 Å². The molecule has 1 heterocycles. The van der Waals surface area contributed by atoms with E-state index in [1.807, 2.05) is 0 Å². The monoisotopic (exact) mass is 406 g/mol. The summed E-state index contributed by atoms with van der Waals surface area (Å²) in [5.41, 5.74) is 3.26. The summed E-state index contributed by atoms with van der Waals surface area (Å²) in [6.07, 6.45) is 5.52. The number of anilines is 1. The van der Waals surface area contributed by atoms with Gasteiger partial charge in [0.2, 0.25) is 18.2 Å². The maximum Gasteiger partial charge on any atom is 0.248 e. The highest BCUT2D eigenvalue weighted by Crippen LogP contribution is 2.31. The molecule has 3 N–H and O–H groups in total. The van der Waals surface area contributed by atoms with Gasteiger partial charge >= 0.3 is 0 Å². The fourth-order valence-electron chi connectivity index (χ4n) is 4.20. The van der Waals surface area contributed by atoms with Crippen LogP contribution in [0.1, 0.15) is 38.5 Å². The lowest BCUT2D eigenvalue weighted by Crippen LogP contribution is -2.51. The highest BCUT2D eigenvalue weighted by Gasteiger charge is 2.39. The summed E-state index contributed by atoms with van der Waals surface area (Å²) < 4.78 is 13.4. The van der Waals surface area contributed by atoms with Gasteiger partial charge in [0, 0.05) is 12.2 Å². The lowest BCUT2D eigenvalue weighted by Gasteiger charge is -2.30. The van der Waals surface area contributed by atoms with Crippen LogP contribution in [0.15, 0.2) is 24.3 Å². The third kappa shape index (κ3) is 5.51. The Morgan fingerprint density at radius 1 is 1.34 bits per heavy atom. The standard InChI is InChI=1S/C20H27FN4O4/c21-16-6-3-7-17(11-16)23-19(27)18-8-9-22-25(18)20(28)15(12-24(29)13-26)10-14-4-1-2-5-14/h3,6-7,11,13-15,18,22,29H,1-2,4-5,8-10,12H2,(H,23,27)/t15?,18-/m0/s1. The normalized spacial score (nSPS) is 20.5. The van der Waals surface area contributed by atoms with Gasteiger partial charge < -0.3 is 5.32 Å². The van der Waals surface area contributed by atoms with Crippen molar-refractivity contribution in [3.63, 3.8) is 0 Å². The Morgan fingerprint density at radius 3 is 2.79 bits per heavy atom. The molecule has 0 bridgehead atoms. The van der Waals surface area contributed by atoms with E-state index in [0.29, 0.717) is 36.1 Å². The zero-order chi connectivity index (χ0) is 20.8. The molecule has 0 aromatic heterocycles. The molecule has 2 fully saturated rings.